The third-order valence-electron chi connectivity index (χ3n) is 4.08. The molecule has 1 aromatic rings. The average molecular weight is 277 g/mol. The van der Waals surface area contributed by atoms with Gasteiger partial charge in [0.05, 0.1) is 7.11 Å². The first-order chi connectivity index (χ1) is 9.62. The highest BCUT2D eigenvalue weighted by Gasteiger charge is 2.20. The normalized spacial score (nSPS) is 19.8. The van der Waals surface area contributed by atoms with E-state index in [0.717, 1.165) is 30.3 Å². The smallest absolute Gasteiger partial charge is 0.123 e. The number of nitrogens with zero attached hydrogens (tertiary/aromatic N) is 2. The Labute approximate surface area is 122 Å². The summed E-state index contributed by atoms with van der Waals surface area (Å²) in [5.41, 5.74) is 8.06. The summed E-state index contributed by atoms with van der Waals surface area (Å²) >= 11 is 0. The molecule has 0 bridgehead atoms. The molecular weight excluding hydrogens is 250 g/mol. The molecule has 1 aliphatic heterocycles. The minimum Gasteiger partial charge on any atom is -0.496 e. The number of rotatable bonds is 6. The van der Waals surface area contributed by atoms with E-state index in [9.17, 15) is 0 Å². The Balaban J connectivity index is 1.92. The number of nitrogens with two attached hydrogens (primary N) is 1. The highest BCUT2D eigenvalue weighted by Crippen LogP contribution is 2.21. The molecule has 2 N–H and O–H groups in total. The van der Waals surface area contributed by atoms with Crippen molar-refractivity contribution in [3.05, 3.63) is 29.3 Å². The van der Waals surface area contributed by atoms with Crippen LogP contribution in [0.1, 0.15) is 17.5 Å². The van der Waals surface area contributed by atoms with Gasteiger partial charge in [0.15, 0.2) is 0 Å². The van der Waals surface area contributed by atoms with Crippen LogP contribution in [-0.4, -0.2) is 50.6 Å². The number of likely N-dealkylation sites (tertiary alicyclic amines) is 1. The summed E-state index contributed by atoms with van der Waals surface area (Å²) in [5, 5.41) is 0. The molecule has 2 rings (SSSR count). The van der Waals surface area contributed by atoms with Gasteiger partial charge in [-0.25, -0.2) is 0 Å². The van der Waals surface area contributed by atoms with Gasteiger partial charge in [-0.05, 0) is 44.6 Å². The van der Waals surface area contributed by atoms with Gasteiger partial charge in [-0.15, -0.1) is 0 Å². The Hall–Kier alpha value is -1.10. The van der Waals surface area contributed by atoms with Crippen molar-refractivity contribution in [1.29, 1.82) is 0 Å². The van der Waals surface area contributed by atoms with Crippen molar-refractivity contribution < 1.29 is 4.74 Å². The van der Waals surface area contributed by atoms with Gasteiger partial charge in [0.25, 0.3) is 0 Å². The Morgan fingerprint density at radius 3 is 2.85 bits per heavy atom. The third kappa shape index (κ3) is 3.95. The lowest BCUT2D eigenvalue weighted by Gasteiger charge is -2.21. The summed E-state index contributed by atoms with van der Waals surface area (Å²) in [7, 11) is 6.11. The maximum Gasteiger partial charge on any atom is 0.123 e. The number of hydrogen-bond acceptors (Lipinski definition) is 4. The standard InChI is InChI=1S/C16H27N3O/c1-18-7-6-14(11-18)12-19(2)10-13-4-5-15(9-17)16(8-13)20-3/h4-5,8,14H,6-7,9-12,17H2,1-3H3. The largest absolute Gasteiger partial charge is 0.496 e. The summed E-state index contributed by atoms with van der Waals surface area (Å²) in [6, 6.07) is 6.34. The van der Waals surface area contributed by atoms with Gasteiger partial charge in [0.1, 0.15) is 5.75 Å². The van der Waals surface area contributed by atoms with E-state index in [1.165, 1.54) is 25.1 Å². The molecule has 1 aromatic carbocycles. The van der Waals surface area contributed by atoms with E-state index in [2.05, 4.69) is 42.1 Å². The molecule has 0 aliphatic carbocycles. The Morgan fingerprint density at radius 2 is 2.25 bits per heavy atom. The van der Waals surface area contributed by atoms with Gasteiger partial charge >= 0.3 is 0 Å². The lowest BCUT2D eigenvalue weighted by Crippen LogP contribution is -2.27. The van der Waals surface area contributed by atoms with Crippen LogP contribution in [0.25, 0.3) is 0 Å². The molecule has 1 heterocycles. The van der Waals surface area contributed by atoms with E-state index in [4.69, 9.17) is 10.5 Å². The predicted octanol–water partition coefficient (Wildman–Crippen LogP) is 1.54. The Morgan fingerprint density at radius 1 is 1.45 bits per heavy atom. The van der Waals surface area contributed by atoms with Crippen LogP contribution in [0.4, 0.5) is 0 Å². The van der Waals surface area contributed by atoms with E-state index in [-0.39, 0.29) is 0 Å². The van der Waals surface area contributed by atoms with E-state index in [0.29, 0.717) is 6.54 Å². The lowest BCUT2D eigenvalue weighted by molar-refractivity contribution is 0.267. The van der Waals surface area contributed by atoms with Crippen molar-refractivity contribution in [2.45, 2.75) is 19.5 Å². The zero-order valence-corrected chi connectivity index (χ0v) is 12.9. The van der Waals surface area contributed by atoms with Gasteiger partial charge in [-0.1, -0.05) is 12.1 Å². The van der Waals surface area contributed by atoms with Crippen LogP contribution in [0.2, 0.25) is 0 Å². The summed E-state index contributed by atoms with van der Waals surface area (Å²) < 4.78 is 5.40. The molecular formula is C16H27N3O. The van der Waals surface area contributed by atoms with Crippen LogP contribution in [0.5, 0.6) is 5.75 Å². The van der Waals surface area contributed by atoms with Crippen molar-refractivity contribution in [1.82, 2.24) is 9.80 Å². The molecule has 0 amide bonds. The van der Waals surface area contributed by atoms with Gasteiger partial charge in [-0.3, -0.25) is 0 Å². The van der Waals surface area contributed by atoms with Gasteiger partial charge in [0.2, 0.25) is 0 Å². The first kappa shape index (κ1) is 15.3. The van der Waals surface area contributed by atoms with Crippen molar-refractivity contribution in [2.75, 3.05) is 40.8 Å². The minimum absolute atomic E-state index is 0.522. The first-order valence-electron chi connectivity index (χ1n) is 7.35. The van der Waals surface area contributed by atoms with Crippen LogP contribution in [0.15, 0.2) is 18.2 Å². The molecule has 4 nitrogen and oxygen atoms in total. The van der Waals surface area contributed by atoms with Gasteiger partial charge < -0.3 is 20.3 Å². The molecule has 112 valence electrons. The van der Waals surface area contributed by atoms with Crippen LogP contribution in [-0.2, 0) is 13.1 Å². The second-order valence-electron chi connectivity index (χ2n) is 5.96. The quantitative estimate of drug-likeness (QED) is 0.856. The fourth-order valence-electron chi connectivity index (χ4n) is 3.05. The number of benzene rings is 1. The van der Waals surface area contributed by atoms with Crippen molar-refractivity contribution in [2.24, 2.45) is 11.7 Å². The lowest BCUT2D eigenvalue weighted by atomic mass is 10.1. The molecule has 20 heavy (non-hydrogen) atoms. The van der Waals surface area contributed by atoms with Crippen LogP contribution >= 0.6 is 0 Å². The van der Waals surface area contributed by atoms with Gasteiger partial charge in [-0.2, -0.15) is 0 Å². The molecule has 1 atom stereocenters. The van der Waals surface area contributed by atoms with Gasteiger partial charge in [0, 0.05) is 31.7 Å². The molecule has 0 spiro atoms. The van der Waals surface area contributed by atoms with Crippen molar-refractivity contribution >= 4 is 0 Å². The number of methoxy groups -OCH3 is 1. The second kappa shape index (κ2) is 7.07. The maximum absolute atomic E-state index is 5.70. The van der Waals surface area contributed by atoms with E-state index < -0.39 is 0 Å². The fourth-order valence-corrected chi connectivity index (χ4v) is 3.05. The Bertz CT molecular complexity index is 436. The molecule has 0 saturated carbocycles. The topological polar surface area (TPSA) is 41.7 Å². The number of ether oxygens (including phenoxy) is 1. The highest BCUT2D eigenvalue weighted by atomic mass is 16.5. The molecule has 0 radical (unpaired) electrons. The molecule has 1 fully saturated rings. The summed E-state index contributed by atoms with van der Waals surface area (Å²) in [5.74, 6) is 1.70. The first-order valence-corrected chi connectivity index (χ1v) is 7.35. The maximum atomic E-state index is 5.70. The summed E-state index contributed by atoms with van der Waals surface area (Å²) in [6.07, 6.45) is 1.32. The van der Waals surface area contributed by atoms with Crippen molar-refractivity contribution in [3.8, 4) is 5.75 Å². The van der Waals surface area contributed by atoms with E-state index in [1.54, 1.807) is 7.11 Å². The van der Waals surface area contributed by atoms with Crippen LogP contribution < -0.4 is 10.5 Å². The SMILES string of the molecule is COc1cc(CN(C)CC2CCN(C)C2)ccc1CN. The number of hydrogen-bond donors (Lipinski definition) is 1. The molecule has 4 heteroatoms. The monoisotopic (exact) mass is 277 g/mol. The molecule has 0 aromatic heterocycles. The minimum atomic E-state index is 0.522. The van der Waals surface area contributed by atoms with Crippen molar-refractivity contribution in [3.63, 3.8) is 0 Å². The molecule has 1 aliphatic rings. The van der Waals surface area contributed by atoms with E-state index >= 15 is 0 Å². The zero-order valence-electron chi connectivity index (χ0n) is 12.9. The highest BCUT2D eigenvalue weighted by molar-refractivity contribution is 5.37. The second-order valence-corrected chi connectivity index (χ2v) is 5.96. The fraction of sp³-hybridized carbons (Fsp3) is 0.625. The molecule has 1 saturated heterocycles. The summed E-state index contributed by atoms with van der Waals surface area (Å²) in [6.45, 7) is 5.09. The Kier molecular flexibility index (Phi) is 5.40. The van der Waals surface area contributed by atoms with E-state index in [1.807, 2.05) is 0 Å². The van der Waals surface area contributed by atoms with Crippen LogP contribution in [0, 0.1) is 5.92 Å². The summed E-state index contributed by atoms with van der Waals surface area (Å²) in [4.78, 5) is 4.82. The average Bonchev–Trinajstić information content (AvgIpc) is 2.83. The molecule has 1 unspecified atom stereocenters. The zero-order chi connectivity index (χ0) is 14.5. The van der Waals surface area contributed by atoms with Crippen LogP contribution in [0.3, 0.4) is 0 Å². The predicted molar refractivity (Wildman–Crippen MR) is 82.8 cm³/mol. The third-order valence-corrected chi connectivity index (χ3v) is 4.08.